The van der Waals surface area contributed by atoms with Gasteiger partial charge in [0.1, 0.15) is 11.6 Å². The Kier molecular flexibility index (Phi) is 7.03. The monoisotopic (exact) mass is 514 g/mol. The van der Waals surface area contributed by atoms with Crippen LogP contribution < -0.4 is 16.4 Å². The number of carbonyl (C=O) groups excluding carboxylic acids is 3. The third-order valence-electron chi connectivity index (χ3n) is 6.87. The van der Waals surface area contributed by atoms with E-state index in [0.717, 1.165) is 34.3 Å². The Morgan fingerprint density at radius 3 is 2.51 bits per heavy atom. The highest BCUT2D eigenvalue weighted by molar-refractivity contribution is 5.97. The molecule has 4 rings (SSSR count). The molecule has 2 aromatic carbocycles. The highest BCUT2D eigenvalue weighted by Crippen LogP contribution is 2.35. The summed E-state index contributed by atoms with van der Waals surface area (Å²) in [4.78, 5) is 42.2. The van der Waals surface area contributed by atoms with Gasteiger partial charge in [-0.25, -0.2) is 0 Å². The molecule has 5 N–H and O–H groups in total. The zero-order chi connectivity index (χ0) is 27.0. The molecule has 196 valence electrons. The number of aromatic amines is 1. The van der Waals surface area contributed by atoms with Crippen molar-refractivity contribution in [1.29, 1.82) is 0 Å². The van der Waals surface area contributed by atoms with E-state index in [1.165, 1.54) is 12.1 Å². The van der Waals surface area contributed by atoms with Crippen molar-refractivity contribution in [3.05, 3.63) is 70.9 Å². The zero-order valence-corrected chi connectivity index (χ0v) is 20.5. The predicted octanol–water partition coefficient (Wildman–Crippen LogP) is 3.40. The second-order valence-corrected chi connectivity index (χ2v) is 9.91. The number of hydrogen-bond acceptors (Lipinski definition) is 3. The molecule has 1 aromatic heterocycles. The number of fused-ring (bicyclic) bond motifs is 3. The summed E-state index contributed by atoms with van der Waals surface area (Å²) in [5.74, 6) is -2.14. The highest BCUT2D eigenvalue weighted by Gasteiger charge is 2.45. The molecule has 1 aliphatic rings. The molecule has 0 saturated heterocycles. The first kappa shape index (κ1) is 26.2. The summed E-state index contributed by atoms with van der Waals surface area (Å²) >= 11 is 0. The fourth-order valence-electron chi connectivity index (χ4n) is 4.96. The number of aryl methyl sites for hydroxylation is 1. The zero-order valence-electron chi connectivity index (χ0n) is 20.5. The van der Waals surface area contributed by atoms with Gasteiger partial charge in [0.05, 0.1) is 12.0 Å². The van der Waals surface area contributed by atoms with Gasteiger partial charge in [-0.05, 0) is 42.0 Å². The van der Waals surface area contributed by atoms with Crippen molar-refractivity contribution in [2.24, 2.45) is 11.7 Å². The SMILES string of the molecule is CC(C)[C@H](NC(=O)[C@@]1(NC(=O)Cc2cccc(C(F)(F)F)c2)CCc2[nH]c3ccccc3c2C1)C(N)=O. The van der Waals surface area contributed by atoms with Crippen molar-refractivity contribution in [2.75, 3.05) is 0 Å². The van der Waals surface area contributed by atoms with Crippen LogP contribution in [0.15, 0.2) is 48.5 Å². The number of alkyl halides is 3. The Bertz CT molecular complexity index is 1350. The summed E-state index contributed by atoms with van der Waals surface area (Å²) < 4.78 is 39.4. The van der Waals surface area contributed by atoms with E-state index in [1.807, 2.05) is 24.3 Å². The van der Waals surface area contributed by atoms with E-state index in [-0.39, 0.29) is 30.7 Å². The van der Waals surface area contributed by atoms with E-state index in [4.69, 9.17) is 5.73 Å². The van der Waals surface area contributed by atoms with Crippen molar-refractivity contribution >= 4 is 28.6 Å². The number of carbonyl (C=O) groups is 3. The van der Waals surface area contributed by atoms with Gasteiger partial charge in [0.2, 0.25) is 17.7 Å². The number of para-hydroxylation sites is 1. The molecule has 7 nitrogen and oxygen atoms in total. The second kappa shape index (κ2) is 9.91. The predicted molar refractivity (Wildman–Crippen MR) is 132 cm³/mol. The summed E-state index contributed by atoms with van der Waals surface area (Å²) in [6.07, 6.45) is -4.05. The lowest BCUT2D eigenvalue weighted by molar-refractivity contribution is -0.138. The van der Waals surface area contributed by atoms with E-state index < -0.39 is 41.0 Å². The Morgan fingerprint density at radius 2 is 1.84 bits per heavy atom. The van der Waals surface area contributed by atoms with E-state index in [0.29, 0.717) is 6.42 Å². The number of benzene rings is 2. The minimum atomic E-state index is -4.54. The number of primary amides is 1. The molecule has 0 fully saturated rings. The summed E-state index contributed by atoms with van der Waals surface area (Å²) in [5.41, 5.74) is 6.13. The molecule has 0 unspecified atom stereocenters. The van der Waals surface area contributed by atoms with Crippen LogP contribution in [0.5, 0.6) is 0 Å². The van der Waals surface area contributed by atoms with Crippen LogP contribution in [0.2, 0.25) is 0 Å². The van der Waals surface area contributed by atoms with Crippen LogP contribution in [0.25, 0.3) is 10.9 Å². The Hall–Kier alpha value is -3.82. The largest absolute Gasteiger partial charge is 0.416 e. The number of nitrogens with one attached hydrogen (secondary N) is 3. The molecule has 1 heterocycles. The number of aromatic nitrogens is 1. The van der Waals surface area contributed by atoms with Crippen LogP contribution in [0.4, 0.5) is 13.2 Å². The van der Waals surface area contributed by atoms with E-state index in [9.17, 15) is 27.6 Å². The van der Waals surface area contributed by atoms with Crippen molar-refractivity contribution in [3.8, 4) is 0 Å². The van der Waals surface area contributed by atoms with Crippen LogP contribution in [0.3, 0.4) is 0 Å². The van der Waals surface area contributed by atoms with Gasteiger partial charge in [-0.15, -0.1) is 0 Å². The van der Waals surface area contributed by atoms with Gasteiger partial charge in [-0.3, -0.25) is 14.4 Å². The lowest BCUT2D eigenvalue weighted by Gasteiger charge is -2.38. The molecule has 0 aliphatic heterocycles. The van der Waals surface area contributed by atoms with Crippen LogP contribution >= 0.6 is 0 Å². The summed E-state index contributed by atoms with van der Waals surface area (Å²) in [6.45, 7) is 3.49. The third-order valence-corrected chi connectivity index (χ3v) is 6.87. The molecule has 2 atom stereocenters. The molecular weight excluding hydrogens is 485 g/mol. The molecule has 0 spiro atoms. The molecule has 37 heavy (non-hydrogen) atoms. The van der Waals surface area contributed by atoms with Gasteiger partial charge in [0.25, 0.3) is 0 Å². The summed E-state index contributed by atoms with van der Waals surface area (Å²) in [7, 11) is 0. The topological polar surface area (TPSA) is 117 Å². The van der Waals surface area contributed by atoms with Gasteiger partial charge in [0, 0.05) is 23.0 Å². The van der Waals surface area contributed by atoms with Crippen LogP contribution in [0, 0.1) is 5.92 Å². The quantitative estimate of drug-likeness (QED) is 0.387. The van der Waals surface area contributed by atoms with Crippen LogP contribution in [-0.4, -0.2) is 34.3 Å². The molecule has 10 heteroatoms. The smallest absolute Gasteiger partial charge is 0.368 e. The fraction of sp³-hybridized carbons (Fsp3) is 0.370. The van der Waals surface area contributed by atoms with Gasteiger partial charge in [-0.1, -0.05) is 50.2 Å². The number of H-pyrrole nitrogens is 1. The molecule has 3 aromatic rings. The first-order valence-corrected chi connectivity index (χ1v) is 12.1. The van der Waals surface area contributed by atoms with Crippen LogP contribution in [0.1, 0.15) is 42.7 Å². The van der Waals surface area contributed by atoms with Crippen molar-refractivity contribution in [2.45, 2.75) is 57.3 Å². The molecule has 1 aliphatic carbocycles. The Balaban J connectivity index is 1.66. The standard InChI is InChI=1S/C27H29F3N4O3/c1-15(2)23(24(31)36)33-25(37)26(11-10-21-19(14-26)18-8-3-4-9-20(18)32-21)34-22(35)13-16-6-5-7-17(12-16)27(28,29)30/h3-9,12,15,23,32H,10-11,13-14H2,1-2H3,(H2,31,36)(H,33,37)(H,34,35)/t23-,26+/m0/s1. The van der Waals surface area contributed by atoms with Crippen molar-refractivity contribution < 1.29 is 27.6 Å². The second-order valence-electron chi connectivity index (χ2n) is 9.91. The first-order valence-electron chi connectivity index (χ1n) is 12.1. The number of halogens is 3. The fourth-order valence-corrected chi connectivity index (χ4v) is 4.96. The first-order chi connectivity index (χ1) is 17.4. The minimum Gasteiger partial charge on any atom is -0.368 e. The highest BCUT2D eigenvalue weighted by atomic mass is 19.4. The van der Waals surface area contributed by atoms with Crippen molar-refractivity contribution in [3.63, 3.8) is 0 Å². The molecule has 0 radical (unpaired) electrons. The molecule has 3 amide bonds. The van der Waals surface area contributed by atoms with E-state index >= 15 is 0 Å². The molecule has 0 bridgehead atoms. The molecule has 0 saturated carbocycles. The maximum atomic E-state index is 13.7. The number of amides is 3. The van der Waals surface area contributed by atoms with E-state index in [1.54, 1.807) is 13.8 Å². The van der Waals surface area contributed by atoms with Gasteiger partial charge in [0.15, 0.2) is 0 Å². The average Bonchev–Trinajstić information content (AvgIpc) is 3.19. The van der Waals surface area contributed by atoms with Crippen LogP contribution in [-0.2, 0) is 39.8 Å². The van der Waals surface area contributed by atoms with Gasteiger partial charge < -0.3 is 21.4 Å². The lowest BCUT2D eigenvalue weighted by Crippen LogP contribution is -2.64. The number of rotatable bonds is 7. The summed E-state index contributed by atoms with van der Waals surface area (Å²) in [6, 6.07) is 11.2. The number of hydrogen-bond donors (Lipinski definition) is 4. The maximum absolute atomic E-state index is 13.7. The summed E-state index contributed by atoms with van der Waals surface area (Å²) in [5, 5.41) is 6.44. The van der Waals surface area contributed by atoms with Crippen molar-refractivity contribution in [1.82, 2.24) is 15.6 Å². The Labute approximate surface area is 212 Å². The van der Waals surface area contributed by atoms with Gasteiger partial charge >= 0.3 is 6.18 Å². The number of nitrogens with two attached hydrogens (primary N) is 1. The maximum Gasteiger partial charge on any atom is 0.416 e. The average molecular weight is 515 g/mol. The normalized spacial score (nSPS) is 18.3. The minimum absolute atomic E-state index is 0.149. The lowest BCUT2D eigenvalue weighted by atomic mass is 9.78. The molecular formula is C27H29F3N4O3. The Morgan fingerprint density at radius 1 is 1.11 bits per heavy atom. The van der Waals surface area contributed by atoms with Gasteiger partial charge in [-0.2, -0.15) is 13.2 Å². The van der Waals surface area contributed by atoms with E-state index in [2.05, 4.69) is 15.6 Å². The third kappa shape index (κ3) is 5.47.